The van der Waals surface area contributed by atoms with Gasteiger partial charge in [0, 0.05) is 43.8 Å². The summed E-state index contributed by atoms with van der Waals surface area (Å²) in [4.78, 5) is 27.5. The highest BCUT2D eigenvalue weighted by Crippen LogP contribution is 2.32. The van der Waals surface area contributed by atoms with E-state index in [4.69, 9.17) is 4.98 Å². The number of fused-ring (bicyclic) bond motifs is 1. The van der Waals surface area contributed by atoms with Gasteiger partial charge in [-0.1, -0.05) is 0 Å². The van der Waals surface area contributed by atoms with Gasteiger partial charge in [-0.3, -0.25) is 4.40 Å². The van der Waals surface area contributed by atoms with E-state index >= 15 is 0 Å². The first kappa shape index (κ1) is 23.8. The summed E-state index contributed by atoms with van der Waals surface area (Å²) in [6, 6.07) is 3.76. The third kappa shape index (κ3) is 4.48. The molecule has 5 aromatic rings. The summed E-state index contributed by atoms with van der Waals surface area (Å²) in [6.45, 7) is 3.13. The van der Waals surface area contributed by atoms with Crippen LogP contribution in [-0.4, -0.2) is 57.2 Å². The van der Waals surface area contributed by atoms with Crippen molar-refractivity contribution < 1.29 is 13.2 Å². The normalized spacial score (nSPS) is 14.8. The van der Waals surface area contributed by atoms with E-state index in [0.29, 0.717) is 30.7 Å². The predicted octanol–water partition coefficient (Wildman–Crippen LogP) is 3.95. The fraction of sp³-hybridized carbons (Fsp3) is 0.292. The minimum atomic E-state index is -4.45. The van der Waals surface area contributed by atoms with Crippen molar-refractivity contribution in [3.05, 3.63) is 72.9 Å². The molecule has 5 aromatic heterocycles. The Morgan fingerprint density at radius 2 is 1.79 bits per heavy atom. The predicted molar refractivity (Wildman–Crippen MR) is 131 cm³/mol. The first-order chi connectivity index (χ1) is 18.4. The number of piperidine rings is 1. The highest BCUT2D eigenvalue weighted by molar-refractivity contribution is 5.74. The first-order valence-electron chi connectivity index (χ1n) is 11.9. The molecule has 0 saturated carbocycles. The average Bonchev–Trinajstić information content (AvgIpc) is 3.61. The Labute approximate surface area is 214 Å². The largest absolute Gasteiger partial charge is 0.419 e. The van der Waals surface area contributed by atoms with Gasteiger partial charge in [-0.2, -0.15) is 18.3 Å². The van der Waals surface area contributed by atoms with Gasteiger partial charge in [-0.05, 0) is 31.9 Å². The Morgan fingerprint density at radius 3 is 2.47 bits per heavy atom. The number of nitrogens with one attached hydrogen (secondary N) is 1. The Balaban J connectivity index is 1.17. The Morgan fingerprint density at radius 1 is 1.00 bits per heavy atom. The fourth-order valence-electron chi connectivity index (χ4n) is 4.58. The number of nitrogens with zero attached hydrogens (tertiary/aromatic N) is 10. The number of alkyl halides is 3. The zero-order valence-corrected chi connectivity index (χ0v) is 20.2. The SMILES string of the molecule is Cc1nc(-n2cncn2)ccc1Nc1nccn2c(C3CCN(c4ncc(C(F)(F)F)cn4)CC3)ncc12. The molecule has 1 saturated heterocycles. The molecule has 1 fully saturated rings. The van der Waals surface area contributed by atoms with Crippen molar-refractivity contribution in [3.8, 4) is 5.82 Å². The lowest BCUT2D eigenvalue weighted by Gasteiger charge is -2.31. The van der Waals surface area contributed by atoms with Gasteiger partial charge in [0.1, 0.15) is 24.0 Å². The van der Waals surface area contributed by atoms with Crippen molar-refractivity contribution in [2.75, 3.05) is 23.3 Å². The van der Waals surface area contributed by atoms with Crippen LogP contribution in [0.25, 0.3) is 11.3 Å². The fourth-order valence-corrected chi connectivity index (χ4v) is 4.58. The molecule has 0 atom stereocenters. The molecule has 11 nitrogen and oxygen atoms in total. The molecule has 0 aliphatic carbocycles. The molecule has 6 rings (SSSR count). The van der Waals surface area contributed by atoms with Crippen molar-refractivity contribution in [2.24, 2.45) is 0 Å². The van der Waals surface area contributed by atoms with Crippen molar-refractivity contribution in [1.29, 1.82) is 0 Å². The molecule has 1 aliphatic rings. The van der Waals surface area contributed by atoms with Crippen LogP contribution in [-0.2, 0) is 6.18 Å². The maximum atomic E-state index is 12.8. The monoisotopic (exact) mass is 521 g/mol. The summed E-state index contributed by atoms with van der Waals surface area (Å²) in [5.41, 5.74) is 1.56. The number of aryl methyl sites for hydroxylation is 1. The number of hydrogen-bond acceptors (Lipinski definition) is 9. The van der Waals surface area contributed by atoms with E-state index in [9.17, 15) is 13.2 Å². The van der Waals surface area contributed by atoms with Crippen LogP contribution in [0.3, 0.4) is 0 Å². The lowest BCUT2D eigenvalue weighted by Crippen LogP contribution is -2.34. The quantitative estimate of drug-likeness (QED) is 0.367. The van der Waals surface area contributed by atoms with Crippen LogP contribution in [0.5, 0.6) is 0 Å². The van der Waals surface area contributed by atoms with Crippen LogP contribution in [0.4, 0.5) is 30.6 Å². The maximum Gasteiger partial charge on any atom is 0.419 e. The molecule has 0 radical (unpaired) electrons. The maximum absolute atomic E-state index is 12.8. The van der Waals surface area contributed by atoms with E-state index in [1.165, 1.54) is 6.33 Å². The van der Waals surface area contributed by atoms with Gasteiger partial charge in [0.25, 0.3) is 0 Å². The van der Waals surface area contributed by atoms with Gasteiger partial charge in [0.15, 0.2) is 11.6 Å². The van der Waals surface area contributed by atoms with Crippen molar-refractivity contribution in [2.45, 2.75) is 31.9 Å². The summed E-state index contributed by atoms with van der Waals surface area (Å²) < 4.78 is 42.1. The van der Waals surface area contributed by atoms with Crippen molar-refractivity contribution >= 4 is 23.0 Å². The molecule has 38 heavy (non-hydrogen) atoms. The highest BCUT2D eigenvalue weighted by Gasteiger charge is 2.32. The molecule has 1 N–H and O–H groups in total. The second-order valence-electron chi connectivity index (χ2n) is 8.95. The number of imidazole rings is 1. The van der Waals surface area contributed by atoms with Gasteiger partial charge in [-0.25, -0.2) is 34.6 Å². The van der Waals surface area contributed by atoms with Crippen LogP contribution in [0.15, 0.2) is 55.8 Å². The second kappa shape index (κ2) is 9.36. The number of aromatic nitrogens is 9. The summed E-state index contributed by atoms with van der Waals surface area (Å²) >= 11 is 0. The molecule has 0 aromatic carbocycles. The van der Waals surface area contributed by atoms with Gasteiger partial charge in [0.05, 0.1) is 23.1 Å². The summed E-state index contributed by atoms with van der Waals surface area (Å²) in [7, 11) is 0. The van der Waals surface area contributed by atoms with Crippen molar-refractivity contribution in [1.82, 2.24) is 44.1 Å². The molecule has 194 valence electrons. The molecular formula is C24H22F3N11. The third-order valence-electron chi connectivity index (χ3n) is 6.57. The minimum Gasteiger partial charge on any atom is -0.341 e. The number of hydrogen-bond donors (Lipinski definition) is 1. The van der Waals surface area contributed by atoms with Crippen LogP contribution in [0.1, 0.15) is 35.8 Å². The third-order valence-corrected chi connectivity index (χ3v) is 6.57. The molecule has 0 unspecified atom stereocenters. The van der Waals surface area contributed by atoms with Gasteiger partial charge >= 0.3 is 6.18 Å². The molecule has 0 spiro atoms. The van der Waals surface area contributed by atoms with Crippen LogP contribution in [0.2, 0.25) is 0 Å². The van der Waals surface area contributed by atoms with Crippen molar-refractivity contribution in [3.63, 3.8) is 0 Å². The summed E-state index contributed by atoms with van der Waals surface area (Å²) in [6.07, 6.45) is 7.18. The number of halogens is 3. The zero-order chi connectivity index (χ0) is 26.3. The number of anilines is 3. The molecular weight excluding hydrogens is 499 g/mol. The van der Waals surface area contributed by atoms with Crippen LogP contribution in [0, 0.1) is 6.92 Å². The summed E-state index contributed by atoms with van der Waals surface area (Å²) in [5.74, 6) is 2.70. The molecule has 0 bridgehead atoms. The van der Waals surface area contributed by atoms with Crippen LogP contribution < -0.4 is 10.2 Å². The Kier molecular flexibility index (Phi) is 5.85. The van der Waals surface area contributed by atoms with E-state index in [0.717, 1.165) is 48.0 Å². The lowest BCUT2D eigenvalue weighted by molar-refractivity contribution is -0.138. The second-order valence-corrected chi connectivity index (χ2v) is 8.95. The van der Waals surface area contributed by atoms with E-state index in [1.54, 1.807) is 23.4 Å². The number of rotatable bonds is 5. The van der Waals surface area contributed by atoms with Gasteiger partial charge < -0.3 is 10.2 Å². The minimum absolute atomic E-state index is 0.170. The lowest BCUT2D eigenvalue weighted by atomic mass is 9.96. The van der Waals surface area contributed by atoms with E-state index in [2.05, 4.69) is 35.3 Å². The van der Waals surface area contributed by atoms with Crippen LogP contribution >= 0.6 is 0 Å². The topological polar surface area (TPSA) is 115 Å². The first-order valence-corrected chi connectivity index (χ1v) is 11.9. The highest BCUT2D eigenvalue weighted by atomic mass is 19.4. The zero-order valence-electron chi connectivity index (χ0n) is 20.2. The Bertz CT molecular complexity index is 1550. The summed E-state index contributed by atoms with van der Waals surface area (Å²) in [5, 5.41) is 7.47. The number of pyridine rings is 1. The molecule has 0 amide bonds. The van der Waals surface area contributed by atoms with E-state index in [1.807, 2.05) is 34.6 Å². The Hall–Kier alpha value is -4.62. The van der Waals surface area contributed by atoms with E-state index < -0.39 is 11.7 Å². The molecule has 1 aliphatic heterocycles. The average molecular weight is 522 g/mol. The molecule has 14 heteroatoms. The van der Waals surface area contributed by atoms with E-state index in [-0.39, 0.29) is 5.92 Å². The standard InChI is InChI=1S/C24H22F3N11/c1-15-18(2-3-20(34-15)38-14-28-13-33-38)35-21-19-12-30-22(37(19)9-6-29-21)16-4-7-36(8-5-16)23-31-10-17(11-32-23)24(25,26)27/h2-3,6,9-14,16H,4-5,7-8H2,1H3,(H,29,35). The van der Waals surface area contributed by atoms with Gasteiger partial charge in [0.2, 0.25) is 5.95 Å². The smallest absolute Gasteiger partial charge is 0.341 e. The van der Waals surface area contributed by atoms with Gasteiger partial charge in [-0.15, -0.1) is 0 Å². The molecule has 6 heterocycles.